The molecule has 33 heavy (non-hydrogen) atoms. The number of piperazine rings is 1. The molecule has 1 aromatic heterocycles. The summed E-state index contributed by atoms with van der Waals surface area (Å²) in [5.74, 6) is 0.884. The monoisotopic (exact) mass is 440 g/mol. The van der Waals surface area contributed by atoms with Crippen molar-refractivity contribution in [1.82, 2.24) is 9.88 Å². The highest BCUT2D eigenvalue weighted by Crippen LogP contribution is 2.25. The van der Waals surface area contributed by atoms with Crippen molar-refractivity contribution in [3.05, 3.63) is 82.9 Å². The fourth-order valence-electron chi connectivity index (χ4n) is 3.83. The summed E-state index contributed by atoms with van der Waals surface area (Å²) < 4.78 is 5.89. The number of carbonyl (C=O) groups is 1. The first-order valence-corrected chi connectivity index (χ1v) is 11.1. The van der Waals surface area contributed by atoms with Crippen LogP contribution < -0.4 is 4.90 Å². The number of hydrogen-bond donors (Lipinski definition) is 0. The molecule has 0 saturated carbocycles. The lowest BCUT2D eigenvalue weighted by Gasteiger charge is -2.34. The molecular formula is C27H28N4O2. The molecule has 1 fully saturated rings. The van der Waals surface area contributed by atoms with Gasteiger partial charge in [-0.05, 0) is 34.8 Å². The van der Waals surface area contributed by atoms with Crippen molar-refractivity contribution < 1.29 is 9.21 Å². The van der Waals surface area contributed by atoms with Crippen molar-refractivity contribution in [1.29, 1.82) is 5.26 Å². The van der Waals surface area contributed by atoms with Crippen LogP contribution in [0, 0.1) is 11.3 Å². The van der Waals surface area contributed by atoms with Gasteiger partial charge in [0.25, 0.3) is 5.91 Å². The number of benzene rings is 2. The largest absolute Gasteiger partial charge is 0.420 e. The highest BCUT2D eigenvalue weighted by Gasteiger charge is 2.26. The van der Waals surface area contributed by atoms with Gasteiger partial charge in [0.2, 0.25) is 17.5 Å². The van der Waals surface area contributed by atoms with Crippen molar-refractivity contribution >= 4 is 23.9 Å². The summed E-state index contributed by atoms with van der Waals surface area (Å²) in [6, 6.07) is 19.8. The lowest BCUT2D eigenvalue weighted by Crippen LogP contribution is -2.48. The van der Waals surface area contributed by atoms with Gasteiger partial charge >= 0.3 is 0 Å². The quantitative estimate of drug-likeness (QED) is 0.572. The van der Waals surface area contributed by atoms with Crippen molar-refractivity contribution in [3.8, 4) is 6.07 Å². The number of anilines is 1. The summed E-state index contributed by atoms with van der Waals surface area (Å²) in [5, 5.41) is 9.53. The highest BCUT2D eigenvalue weighted by molar-refractivity contribution is 5.94. The van der Waals surface area contributed by atoms with E-state index in [0.29, 0.717) is 43.5 Å². The topological polar surface area (TPSA) is 73.4 Å². The molecule has 1 saturated heterocycles. The molecular weight excluding hydrogens is 412 g/mol. The molecule has 6 heteroatoms. The van der Waals surface area contributed by atoms with Gasteiger partial charge in [0.15, 0.2) is 0 Å². The Balaban J connectivity index is 1.41. The first-order valence-electron chi connectivity index (χ1n) is 11.1. The third-order valence-corrected chi connectivity index (χ3v) is 5.80. The van der Waals surface area contributed by atoms with Crippen LogP contribution in [-0.4, -0.2) is 42.0 Å². The van der Waals surface area contributed by atoms with E-state index in [1.165, 1.54) is 5.56 Å². The van der Waals surface area contributed by atoms with E-state index in [2.05, 4.69) is 31.8 Å². The number of rotatable bonds is 4. The zero-order chi connectivity index (χ0) is 23.4. The predicted molar refractivity (Wildman–Crippen MR) is 130 cm³/mol. The number of hydrogen-bond acceptors (Lipinski definition) is 5. The summed E-state index contributed by atoms with van der Waals surface area (Å²) >= 11 is 0. The molecule has 168 valence electrons. The normalized spacial score (nSPS) is 14.5. The predicted octanol–water partition coefficient (Wildman–Crippen LogP) is 4.98. The van der Waals surface area contributed by atoms with Crippen molar-refractivity contribution in [2.75, 3.05) is 31.1 Å². The second-order valence-corrected chi connectivity index (χ2v) is 9.17. The van der Waals surface area contributed by atoms with E-state index in [4.69, 9.17) is 4.42 Å². The van der Waals surface area contributed by atoms with Crippen molar-refractivity contribution in [2.24, 2.45) is 0 Å². The van der Waals surface area contributed by atoms with E-state index < -0.39 is 0 Å². The Bertz CT molecular complexity index is 1170. The zero-order valence-electron chi connectivity index (χ0n) is 19.3. The minimum Gasteiger partial charge on any atom is -0.420 e. The molecule has 6 nitrogen and oxygen atoms in total. The highest BCUT2D eigenvalue weighted by atomic mass is 16.4. The van der Waals surface area contributed by atoms with Gasteiger partial charge < -0.3 is 14.2 Å². The summed E-state index contributed by atoms with van der Waals surface area (Å²) in [6.07, 6.45) is 3.67. The molecule has 0 atom stereocenters. The number of nitriles is 1. The fourth-order valence-corrected chi connectivity index (χ4v) is 3.83. The molecule has 1 aliphatic rings. The molecule has 0 spiro atoms. The minimum absolute atomic E-state index is 0.0275. The molecule has 0 bridgehead atoms. The number of nitrogens with zero attached hydrogens (tertiary/aromatic N) is 4. The Kier molecular flexibility index (Phi) is 6.32. The average Bonchev–Trinajstić information content (AvgIpc) is 3.26. The van der Waals surface area contributed by atoms with Gasteiger partial charge in [-0.25, -0.2) is 0 Å². The molecule has 1 aliphatic heterocycles. The second kappa shape index (κ2) is 9.33. The average molecular weight is 441 g/mol. The van der Waals surface area contributed by atoms with Crippen LogP contribution in [0.15, 0.2) is 59.0 Å². The molecule has 2 heterocycles. The lowest BCUT2D eigenvalue weighted by atomic mass is 9.86. The first-order chi connectivity index (χ1) is 15.8. The summed E-state index contributed by atoms with van der Waals surface area (Å²) in [6.45, 7) is 8.75. The van der Waals surface area contributed by atoms with Crippen LogP contribution >= 0.6 is 0 Å². The molecule has 2 aromatic carbocycles. The van der Waals surface area contributed by atoms with Crippen molar-refractivity contribution in [2.45, 2.75) is 26.2 Å². The van der Waals surface area contributed by atoms with E-state index in [1.54, 1.807) is 6.08 Å². The summed E-state index contributed by atoms with van der Waals surface area (Å²) in [7, 11) is 0. The van der Waals surface area contributed by atoms with Crippen LogP contribution in [0.5, 0.6) is 0 Å². The van der Waals surface area contributed by atoms with Crippen molar-refractivity contribution in [3.63, 3.8) is 0 Å². The SMILES string of the molecule is CC(C)(C)c1ccc(C(=O)N2CCN(c3oc(C=Cc4ccccc4)nc3C#N)CC2)cc1. The Hall–Kier alpha value is -3.85. The Morgan fingerprint density at radius 3 is 2.27 bits per heavy atom. The van der Waals surface area contributed by atoms with E-state index in [1.807, 2.05) is 70.5 Å². The lowest BCUT2D eigenvalue weighted by molar-refractivity contribution is 0.0745. The van der Waals surface area contributed by atoms with E-state index in [0.717, 1.165) is 5.56 Å². The molecule has 3 aromatic rings. The van der Waals surface area contributed by atoms with E-state index >= 15 is 0 Å². The zero-order valence-corrected chi connectivity index (χ0v) is 19.3. The number of carbonyl (C=O) groups excluding carboxylic acids is 1. The molecule has 4 rings (SSSR count). The molecule has 0 N–H and O–H groups in total. The Morgan fingerprint density at radius 1 is 1.00 bits per heavy atom. The first kappa shape index (κ1) is 22.3. The fraction of sp³-hybridized carbons (Fsp3) is 0.296. The van der Waals surface area contributed by atoms with Gasteiger partial charge in [-0.15, -0.1) is 0 Å². The number of amides is 1. The summed E-state index contributed by atoms with van der Waals surface area (Å²) in [4.78, 5) is 21.1. The molecule has 1 amide bonds. The van der Waals surface area contributed by atoms with Crippen LogP contribution in [0.1, 0.15) is 53.8 Å². The molecule has 0 radical (unpaired) electrons. The van der Waals surface area contributed by atoms with Crippen LogP contribution in [0.4, 0.5) is 5.88 Å². The maximum absolute atomic E-state index is 13.0. The maximum atomic E-state index is 13.0. The summed E-state index contributed by atoms with van der Waals surface area (Å²) in [5.41, 5.74) is 3.24. The Morgan fingerprint density at radius 2 is 1.67 bits per heavy atom. The molecule has 0 aliphatic carbocycles. The van der Waals surface area contributed by atoms with Crippen LogP contribution in [-0.2, 0) is 5.41 Å². The van der Waals surface area contributed by atoms with Gasteiger partial charge in [-0.2, -0.15) is 10.2 Å². The molecule has 0 unspecified atom stereocenters. The van der Waals surface area contributed by atoms with Gasteiger partial charge in [0, 0.05) is 37.8 Å². The second-order valence-electron chi connectivity index (χ2n) is 9.17. The van der Waals surface area contributed by atoms with Gasteiger partial charge in [0.1, 0.15) is 6.07 Å². The van der Waals surface area contributed by atoms with Crippen LogP contribution in [0.3, 0.4) is 0 Å². The van der Waals surface area contributed by atoms with E-state index in [9.17, 15) is 10.1 Å². The maximum Gasteiger partial charge on any atom is 0.253 e. The standard InChI is InChI=1S/C27H28N4O2/c1-27(2,3)22-12-10-21(11-13-22)25(32)30-15-17-31(18-16-30)26-23(19-28)29-24(33-26)14-9-20-7-5-4-6-8-20/h4-14H,15-18H2,1-3H3. The van der Waals surface area contributed by atoms with Gasteiger partial charge in [-0.1, -0.05) is 63.2 Å². The minimum atomic E-state index is 0.0275. The number of oxazole rings is 1. The Labute approximate surface area is 194 Å². The van der Waals surface area contributed by atoms with Crippen LogP contribution in [0.25, 0.3) is 12.2 Å². The van der Waals surface area contributed by atoms with Crippen LogP contribution in [0.2, 0.25) is 0 Å². The third kappa shape index (κ3) is 5.15. The number of aromatic nitrogens is 1. The van der Waals surface area contributed by atoms with E-state index in [-0.39, 0.29) is 17.0 Å². The van der Waals surface area contributed by atoms with Gasteiger partial charge in [-0.3, -0.25) is 4.79 Å². The third-order valence-electron chi connectivity index (χ3n) is 5.80. The van der Waals surface area contributed by atoms with Gasteiger partial charge in [0.05, 0.1) is 0 Å². The smallest absolute Gasteiger partial charge is 0.253 e.